The molecule has 1 saturated heterocycles. The number of piperidine rings is 1. The standard InChI is InChI=1S/C16H27N3O3/c1-4-19-13(2)14(10-17-19)15(21)18-8-5-6-16(11-18,12-20)7-9-22-3/h10,20H,4-9,11-12H2,1-3H3/t16-/m0/s1. The summed E-state index contributed by atoms with van der Waals surface area (Å²) in [5.74, 6) is 0.0205. The van der Waals surface area contributed by atoms with E-state index in [0.29, 0.717) is 18.7 Å². The van der Waals surface area contributed by atoms with Crippen molar-refractivity contribution in [1.29, 1.82) is 0 Å². The average Bonchev–Trinajstić information content (AvgIpc) is 2.93. The van der Waals surface area contributed by atoms with Gasteiger partial charge in [0, 0.05) is 44.5 Å². The number of ether oxygens (including phenoxy) is 1. The van der Waals surface area contributed by atoms with Crippen molar-refractivity contribution < 1.29 is 14.6 Å². The van der Waals surface area contributed by atoms with Crippen LogP contribution in [0.4, 0.5) is 0 Å². The Morgan fingerprint density at radius 1 is 1.55 bits per heavy atom. The maximum absolute atomic E-state index is 12.8. The van der Waals surface area contributed by atoms with Crippen LogP contribution in [0.25, 0.3) is 0 Å². The Hall–Kier alpha value is -1.40. The lowest BCUT2D eigenvalue weighted by molar-refractivity contribution is 0.00895. The Labute approximate surface area is 132 Å². The van der Waals surface area contributed by atoms with E-state index in [1.165, 1.54) is 0 Å². The Morgan fingerprint density at radius 2 is 2.32 bits per heavy atom. The minimum absolute atomic E-state index is 0.0205. The Kier molecular flexibility index (Phi) is 5.58. The lowest BCUT2D eigenvalue weighted by atomic mass is 9.78. The number of hydrogen-bond donors (Lipinski definition) is 1. The number of amides is 1. The Morgan fingerprint density at radius 3 is 2.91 bits per heavy atom. The molecule has 2 rings (SSSR count). The van der Waals surface area contributed by atoms with Crippen LogP contribution in [0.5, 0.6) is 0 Å². The number of rotatable bonds is 6. The highest BCUT2D eigenvalue weighted by Gasteiger charge is 2.37. The van der Waals surface area contributed by atoms with Crippen molar-refractivity contribution in [2.45, 2.75) is 39.7 Å². The third-order valence-electron chi connectivity index (χ3n) is 4.75. The highest BCUT2D eigenvalue weighted by atomic mass is 16.5. The van der Waals surface area contributed by atoms with Gasteiger partial charge in [0.25, 0.3) is 5.91 Å². The molecule has 0 aliphatic carbocycles. The molecule has 22 heavy (non-hydrogen) atoms. The molecule has 1 atom stereocenters. The SMILES string of the molecule is CCn1ncc(C(=O)N2CCC[C@](CO)(CCOC)C2)c1C. The van der Waals surface area contributed by atoms with E-state index in [4.69, 9.17) is 4.74 Å². The highest BCUT2D eigenvalue weighted by Crippen LogP contribution is 2.33. The van der Waals surface area contributed by atoms with Gasteiger partial charge in [-0.3, -0.25) is 9.48 Å². The van der Waals surface area contributed by atoms with Crippen molar-refractivity contribution in [2.24, 2.45) is 5.41 Å². The molecule has 0 aromatic carbocycles. The fourth-order valence-corrected chi connectivity index (χ4v) is 3.26. The molecule has 0 radical (unpaired) electrons. The largest absolute Gasteiger partial charge is 0.396 e. The van der Waals surface area contributed by atoms with Crippen LogP contribution in [-0.2, 0) is 11.3 Å². The molecule has 0 spiro atoms. The zero-order valence-electron chi connectivity index (χ0n) is 13.8. The monoisotopic (exact) mass is 309 g/mol. The molecular weight excluding hydrogens is 282 g/mol. The summed E-state index contributed by atoms with van der Waals surface area (Å²) in [4.78, 5) is 14.6. The second-order valence-electron chi connectivity index (χ2n) is 6.19. The van der Waals surface area contributed by atoms with Crippen molar-refractivity contribution in [3.8, 4) is 0 Å². The molecule has 1 aromatic heterocycles. The van der Waals surface area contributed by atoms with E-state index in [1.807, 2.05) is 23.4 Å². The lowest BCUT2D eigenvalue weighted by Gasteiger charge is -2.41. The van der Waals surface area contributed by atoms with Crippen LogP contribution < -0.4 is 0 Å². The predicted molar refractivity (Wildman–Crippen MR) is 83.8 cm³/mol. The molecule has 6 nitrogen and oxygen atoms in total. The van der Waals surface area contributed by atoms with E-state index in [1.54, 1.807) is 13.3 Å². The number of carbonyl (C=O) groups excluding carboxylic acids is 1. The lowest BCUT2D eigenvalue weighted by Crippen LogP contribution is -2.48. The number of aryl methyl sites for hydroxylation is 1. The maximum atomic E-state index is 12.8. The minimum atomic E-state index is -0.238. The first-order valence-corrected chi connectivity index (χ1v) is 7.98. The normalized spacial score (nSPS) is 22.1. The quantitative estimate of drug-likeness (QED) is 0.864. The molecule has 0 saturated carbocycles. The molecule has 1 amide bonds. The molecule has 1 aliphatic heterocycles. The van der Waals surface area contributed by atoms with Gasteiger partial charge in [-0.05, 0) is 33.1 Å². The average molecular weight is 309 g/mol. The molecule has 1 fully saturated rings. The first-order valence-electron chi connectivity index (χ1n) is 7.98. The number of aromatic nitrogens is 2. The third-order valence-corrected chi connectivity index (χ3v) is 4.75. The summed E-state index contributed by atoms with van der Waals surface area (Å²) in [6, 6.07) is 0. The van der Waals surface area contributed by atoms with E-state index in [2.05, 4.69) is 5.10 Å². The molecule has 124 valence electrons. The fraction of sp³-hybridized carbons (Fsp3) is 0.750. The van der Waals surface area contributed by atoms with Crippen LogP contribution in [0.2, 0.25) is 0 Å². The number of nitrogens with zero attached hydrogens (tertiary/aromatic N) is 3. The fourth-order valence-electron chi connectivity index (χ4n) is 3.26. The topological polar surface area (TPSA) is 67.6 Å². The molecule has 6 heteroatoms. The number of hydrogen-bond acceptors (Lipinski definition) is 4. The van der Waals surface area contributed by atoms with E-state index >= 15 is 0 Å². The second kappa shape index (κ2) is 7.24. The Bertz CT molecular complexity index is 515. The minimum Gasteiger partial charge on any atom is -0.396 e. The van der Waals surface area contributed by atoms with Gasteiger partial charge in [-0.25, -0.2) is 0 Å². The first kappa shape index (κ1) is 17.0. The summed E-state index contributed by atoms with van der Waals surface area (Å²) < 4.78 is 7.00. The number of likely N-dealkylation sites (tertiary alicyclic amines) is 1. The first-order chi connectivity index (χ1) is 10.6. The van der Waals surface area contributed by atoms with Gasteiger partial charge in [0.1, 0.15) is 0 Å². The Balaban J connectivity index is 2.13. The van der Waals surface area contributed by atoms with Crippen molar-refractivity contribution in [3.63, 3.8) is 0 Å². The predicted octanol–water partition coefficient (Wildman–Crippen LogP) is 1.46. The molecule has 2 heterocycles. The summed E-state index contributed by atoms with van der Waals surface area (Å²) in [6.45, 7) is 6.72. The molecule has 1 aromatic rings. The van der Waals surface area contributed by atoms with Crippen LogP contribution in [0.3, 0.4) is 0 Å². The molecular formula is C16H27N3O3. The molecule has 1 aliphatic rings. The van der Waals surface area contributed by atoms with Gasteiger partial charge in [0.05, 0.1) is 18.4 Å². The van der Waals surface area contributed by atoms with E-state index in [0.717, 1.165) is 38.0 Å². The molecule has 1 N–H and O–H groups in total. The highest BCUT2D eigenvalue weighted by molar-refractivity contribution is 5.95. The zero-order valence-corrected chi connectivity index (χ0v) is 13.8. The number of methoxy groups -OCH3 is 1. The van der Waals surface area contributed by atoms with Gasteiger partial charge in [-0.2, -0.15) is 5.10 Å². The van der Waals surface area contributed by atoms with Crippen LogP contribution in [0.1, 0.15) is 42.2 Å². The van der Waals surface area contributed by atoms with Gasteiger partial charge >= 0.3 is 0 Å². The van der Waals surface area contributed by atoms with Gasteiger partial charge in [0.15, 0.2) is 0 Å². The van der Waals surface area contributed by atoms with E-state index < -0.39 is 0 Å². The van der Waals surface area contributed by atoms with Gasteiger partial charge < -0.3 is 14.7 Å². The number of aliphatic hydroxyl groups excluding tert-OH is 1. The van der Waals surface area contributed by atoms with Crippen molar-refractivity contribution in [1.82, 2.24) is 14.7 Å². The van der Waals surface area contributed by atoms with Crippen LogP contribution in [0.15, 0.2) is 6.20 Å². The summed E-state index contributed by atoms with van der Waals surface area (Å²) in [5, 5.41) is 14.1. The second-order valence-corrected chi connectivity index (χ2v) is 6.19. The zero-order chi connectivity index (χ0) is 16.2. The van der Waals surface area contributed by atoms with E-state index in [-0.39, 0.29) is 17.9 Å². The smallest absolute Gasteiger partial charge is 0.257 e. The number of aliphatic hydroxyl groups is 1. The van der Waals surface area contributed by atoms with Crippen molar-refractivity contribution in [2.75, 3.05) is 33.4 Å². The molecule has 0 bridgehead atoms. The third kappa shape index (κ3) is 3.33. The summed E-state index contributed by atoms with van der Waals surface area (Å²) in [7, 11) is 1.67. The maximum Gasteiger partial charge on any atom is 0.257 e. The summed E-state index contributed by atoms with van der Waals surface area (Å²) >= 11 is 0. The van der Waals surface area contributed by atoms with Crippen molar-refractivity contribution >= 4 is 5.91 Å². The van der Waals surface area contributed by atoms with Gasteiger partial charge in [-0.1, -0.05) is 0 Å². The molecule has 0 unspecified atom stereocenters. The number of carbonyl (C=O) groups is 1. The van der Waals surface area contributed by atoms with Crippen LogP contribution >= 0.6 is 0 Å². The van der Waals surface area contributed by atoms with Crippen LogP contribution in [-0.4, -0.2) is 59.1 Å². The summed E-state index contributed by atoms with van der Waals surface area (Å²) in [5.41, 5.74) is 1.34. The van der Waals surface area contributed by atoms with Crippen molar-refractivity contribution in [3.05, 3.63) is 17.5 Å². The van der Waals surface area contributed by atoms with Gasteiger partial charge in [0.2, 0.25) is 0 Å². The van der Waals surface area contributed by atoms with E-state index in [9.17, 15) is 9.90 Å². The van der Waals surface area contributed by atoms with Crippen LogP contribution in [0, 0.1) is 12.3 Å². The van der Waals surface area contributed by atoms with Gasteiger partial charge in [-0.15, -0.1) is 0 Å². The summed E-state index contributed by atoms with van der Waals surface area (Å²) in [6.07, 6.45) is 4.28.